The zero-order valence-electron chi connectivity index (χ0n) is 14.6. The number of hydrogen-bond donors (Lipinski definition) is 1. The molecule has 0 amide bonds. The van der Waals surface area contributed by atoms with E-state index in [1.54, 1.807) is 31.4 Å². The Bertz CT molecular complexity index is 827. The van der Waals surface area contributed by atoms with Crippen LogP contribution in [-0.2, 0) is 4.79 Å². The fraction of sp³-hybridized carbons (Fsp3) is 0.421. The van der Waals surface area contributed by atoms with E-state index >= 15 is 0 Å². The van der Waals surface area contributed by atoms with Gasteiger partial charge >= 0.3 is 5.97 Å². The molecule has 1 unspecified atom stereocenters. The van der Waals surface area contributed by atoms with Crippen molar-refractivity contribution < 1.29 is 19.4 Å². The minimum absolute atomic E-state index is 0.254. The molecule has 2 aromatic rings. The lowest BCUT2D eigenvalue weighted by atomic mass is 9.98. The van der Waals surface area contributed by atoms with Crippen molar-refractivity contribution in [3.63, 3.8) is 0 Å². The molecule has 138 valence electrons. The van der Waals surface area contributed by atoms with Gasteiger partial charge in [-0.1, -0.05) is 31.7 Å². The summed E-state index contributed by atoms with van der Waals surface area (Å²) in [6.45, 7) is 0. The maximum atomic E-state index is 12.4. The number of nitrogens with zero attached hydrogens (tertiary/aromatic N) is 2. The van der Waals surface area contributed by atoms with Gasteiger partial charge in [0.25, 0.3) is 5.56 Å². The van der Waals surface area contributed by atoms with Crippen molar-refractivity contribution in [2.45, 2.75) is 38.1 Å². The van der Waals surface area contributed by atoms with Gasteiger partial charge in [0.2, 0.25) is 0 Å². The zero-order valence-corrected chi connectivity index (χ0v) is 14.6. The number of methoxy groups -OCH3 is 1. The number of ether oxygens (including phenoxy) is 2. The van der Waals surface area contributed by atoms with Gasteiger partial charge < -0.3 is 14.6 Å². The summed E-state index contributed by atoms with van der Waals surface area (Å²) in [5, 5.41) is 13.6. The molecular weight excluding hydrogens is 336 g/mol. The van der Waals surface area contributed by atoms with Gasteiger partial charge in [-0.3, -0.25) is 4.79 Å². The van der Waals surface area contributed by atoms with Crippen LogP contribution in [0.25, 0.3) is 0 Å². The first-order valence-electron chi connectivity index (χ1n) is 8.70. The van der Waals surface area contributed by atoms with E-state index in [0.29, 0.717) is 23.8 Å². The van der Waals surface area contributed by atoms with Gasteiger partial charge in [0, 0.05) is 12.1 Å². The molecule has 0 radical (unpaired) electrons. The number of hydrogen-bond acceptors (Lipinski definition) is 5. The number of carboxylic acid groups (broad SMARTS) is 1. The highest BCUT2D eigenvalue weighted by atomic mass is 16.5. The maximum Gasteiger partial charge on any atom is 0.328 e. The summed E-state index contributed by atoms with van der Waals surface area (Å²) in [5.41, 5.74) is -0.490. The van der Waals surface area contributed by atoms with Crippen LogP contribution in [0.15, 0.2) is 41.3 Å². The number of rotatable bonds is 7. The Morgan fingerprint density at radius 2 is 2.00 bits per heavy atom. The SMILES string of the molecule is COc1cccc(Oc2cnn(C(CC3CCCC3)C(=O)O)c(=O)c2)c1. The molecular formula is C19H22N2O5. The Balaban J connectivity index is 1.78. The number of carboxylic acids is 1. The lowest BCUT2D eigenvalue weighted by molar-refractivity contribution is -0.142. The smallest absolute Gasteiger partial charge is 0.328 e. The van der Waals surface area contributed by atoms with Gasteiger partial charge in [-0.25, -0.2) is 9.48 Å². The maximum absolute atomic E-state index is 12.4. The van der Waals surface area contributed by atoms with Crippen molar-refractivity contribution in [3.05, 3.63) is 46.9 Å². The lowest BCUT2D eigenvalue weighted by Gasteiger charge is -2.18. The first-order chi connectivity index (χ1) is 12.6. The standard InChI is InChI=1S/C19H22N2O5/c1-25-14-7-4-8-15(10-14)26-16-11-18(22)21(20-12-16)17(19(23)24)9-13-5-2-3-6-13/h4,7-8,10-13,17H,2-3,5-6,9H2,1H3,(H,23,24). The van der Waals surface area contributed by atoms with Gasteiger partial charge in [-0.2, -0.15) is 5.10 Å². The minimum Gasteiger partial charge on any atom is -0.497 e. The molecule has 0 aliphatic heterocycles. The fourth-order valence-electron chi connectivity index (χ4n) is 3.36. The number of carbonyl (C=O) groups is 1. The number of aromatic nitrogens is 2. The van der Waals surface area contributed by atoms with Crippen molar-refractivity contribution in [1.82, 2.24) is 9.78 Å². The van der Waals surface area contributed by atoms with Crippen LogP contribution in [0.1, 0.15) is 38.1 Å². The largest absolute Gasteiger partial charge is 0.497 e. The monoisotopic (exact) mass is 358 g/mol. The molecule has 1 aliphatic rings. The Morgan fingerprint density at radius 1 is 1.27 bits per heavy atom. The Hall–Kier alpha value is -2.83. The van der Waals surface area contributed by atoms with Crippen molar-refractivity contribution in [1.29, 1.82) is 0 Å². The van der Waals surface area contributed by atoms with E-state index in [9.17, 15) is 14.7 Å². The molecule has 1 N–H and O–H groups in total. The second kappa shape index (κ2) is 8.03. The molecule has 1 aromatic carbocycles. The normalized spacial score (nSPS) is 15.6. The van der Waals surface area contributed by atoms with Crippen LogP contribution in [0.5, 0.6) is 17.2 Å². The predicted molar refractivity (Wildman–Crippen MR) is 94.8 cm³/mol. The summed E-state index contributed by atoms with van der Waals surface area (Å²) < 4.78 is 11.8. The van der Waals surface area contributed by atoms with Gasteiger partial charge in [0.1, 0.15) is 11.5 Å². The molecule has 7 nitrogen and oxygen atoms in total. The summed E-state index contributed by atoms with van der Waals surface area (Å²) in [6, 6.07) is 7.28. The molecule has 1 saturated carbocycles. The zero-order chi connectivity index (χ0) is 18.5. The third-order valence-corrected chi connectivity index (χ3v) is 4.69. The average molecular weight is 358 g/mol. The second-order valence-electron chi connectivity index (χ2n) is 6.50. The highest BCUT2D eigenvalue weighted by Crippen LogP contribution is 2.31. The molecule has 1 heterocycles. The van der Waals surface area contributed by atoms with E-state index in [2.05, 4.69) is 5.10 Å². The minimum atomic E-state index is -1.03. The van der Waals surface area contributed by atoms with Crippen molar-refractivity contribution in [2.24, 2.45) is 5.92 Å². The molecule has 0 saturated heterocycles. The van der Waals surface area contributed by atoms with Gasteiger partial charge in [0.15, 0.2) is 11.8 Å². The van der Waals surface area contributed by atoms with Crippen LogP contribution < -0.4 is 15.0 Å². The number of aliphatic carboxylic acids is 1. The van der Waals surface area contributed by atoms with Crippen molar-refractivity contribution in [3.8, 4) is 17.2 Å². The molecule has 1 aliphatic carbocycles. The first-order valence-corrected chi connectivity index (χ1v) is 8.70. The molecule has 3 rings (SSSR count). The van der Waals surface area contributed by atoms with Crippen LogP contribution in [0.2, 0.25) is 0 Å². The molecule has 26 heavy (non-hydrogen) atoms. The lowest BCUT2D eigenvalue weighted by Crippen LogP contribution is -2.32. The van der Waals surface area contributed by atoms with E-state index in [-0.39, 0.29) is 5.75 Å². The third-order valence-electron chi connectivity index (χ3n) is 4.69. The van der Waals surface area contributed by atoms with E-state index in [1.165, 1.54) is 12.3 Å². The fourth-order valence-corrected chi connectivity index (χ4v) is 3.36. The third kappa shape index (κ3) is 4.22. The van der Waals surface area contributed by atoms with Crippen LogP contribution in [-0.4, -0.2) is 28.0 Å². The van der Waals surface area contributed by atoms with Gasteiger partial charge in [-0.05, 0) is 24.5 Å². The van der Waals surface area contributed by atoms with Gasteiger partial charge in [-0.15, -0.1) is 0 Å². The van der Waals surface area contributed by atoms with Crippen molar-refractivity contribution >= 4 is 5.97 Å². The average Bonchev–Trinajstić information content (AvgIpc) is 3.13. The number of benzene rings is 1. The topological polar surface area (TPSA) is 90.7 Å². The van der Waals surface area contributed by atoms with Crippen LogP contribution in [0.4, 0.5) is 0 Å². The predicted octanol–water partition coefficient (Wildman–Crippen LogP) is 3.25. The molecule has 1 aromatic heterocycles. The quantitative estimate of drug-likeness (QED) is 0.817. The van der Waals surface area contributed by atoms with E-state index in [0.717, 1.165) is 30.4 Å². The summed E-state index contributed by atoms with van der Waals surface area (Å²) in [6.07, 6.45) is 6.05. The van der Waals surface area contributed by atoms with Crippen LogP contribution in [0, 0.1) is 5.92 Å². The van der Waals surface area contributed by atoms with Crippen LogP contribution in [0.3, 0.4) is 0 Å². The molecule has 0 spiro atoms. The first kappa shape index (κ1) is 18.0. The summed E-state index contributed by atoms with van der Waals surface area (Å²) >= 11 is 0. The van der Waals surface area contributed by atoms with E-state index in [4.69, 9.17) is 9.47 Å². The summed E-state index contributed by atoms with van der Waals surface area (Å²) in [4.78, 5) is 24.0. The molecule has 7 heteroatoms. The molecule has 0 bridgehead atoms. The summed E-state index contributed by atoms with van der Waals surface area (Å²) in [7, 11) is 1.55. The Morgan fingerprint density at radius 3 is 2.65 bits per heavy atom. The Kier molecular flexibility index (Phi) is 5.55. The highest BCUT2D eigenvalue weighted by Gasteiger charge is 2.28. The molecule has 1 atom stereocenters. The van der Waals surface area contributed by atoms with Gasteiger partial charge in [0.05, 0.1) is 13.3 Å². The molecule has 1 fully saturated rings. The van der Waals surface area contributed by atoms with Crippen LogP contribution >= 0.6 is 0 Å². The second-order valence-corrected chi connectivity index (χ2v) is 6.50. The highest BCUT2D eigenvalue weighted by molar-refractivity contribution is 5.71. The Labute approximate surface area is 151 Å². The summed E-state index contributed by atoms with van der Waals surface area (Å²) in [5.74, 6) is 0.685. The van der Waals surface area contributed by atoms with E-state index in [1.807, 2.05) is 0 Å². The van der Waals surface area contributed by atoms with Crippen molar-refractivity contribution in [2.75, 3.05) is 7.11 Å². The van der Waals surface area contributed by atoms with E-state index < -0.39 is 17.6 Å².